The number of rotatable bonds is 0. The van der Waals surface area contributed by atoms with Gasteiger partial charge in [-0.15, -0.1) is 0 Å². The molecule has 2 N–H and O–H groups in total. The van der Waals surface area contributed by atoms with Crippen molar-refractivity contribution in [1.29, 1.82) is 0 Å². The van der Waals surface area contributed by atoms with Gasteiger partial charge in [-0.05, 0) is 0 Å². The molecule has 4 heavy (non-hydrogen) atoms. The molecule has 24 valence electrons. The van der Waals surface area contributed by atoms with Gasteiger partial charge in [-0.2, -0.15) is 13.5 Å². The Balaban J connectivity index is 0. The number of hydrogen-bond donors (Lipinski definition) is 0. The van der Waals surface area contributed by atoms with Crippen LogP contribution in [0.5, 0.6) is 0 Å². The number of hydrogen-bond acceptors (Lipinski definition) is 0. The minimum absolute atomic E-state index is 0. The molecule has 0 aromatic carbocycles. The summed E-state index contributed by atoms with van der Waals surface area (Å²) in [7, 11) is 0. The molecule has 0 unspecified atom stereocenters. The quantitative estimate of drug-likeness (QED) is 0.317. The summed E-state index contributed by atoms with van der Waals surface area (Å²) in [4.78, 5) is 0. The molecule has 0 aliphatic heterocycles. The third kappa shape index (κ3) is 8.82. The van der Waals surface area contributed by atoms with Gasteiger partial charge in [0.25, 0.3) is 0 Å². The van der Waals surface area contributed by atoms with Crippen molar-refractivity contribution in [2.45, 2.75) is 0 Å². The van der Waals surface area contributed by atoms with Crippen LogP contribution in [0.4, 0.5) is 0 Å². The van der Waals surface area contributed by atoms with Gasteiger partial charge in [0.1, 0.15) is 0 Å². The van der Waals surface area contributed by atoms with E-state index in [4.69, 9.17) is 0 Å². The van der Waals surface area contributed by atoms with Gasteiger partial charge >= 0.3 is 51.4 Å². The van der Waals surface area contributed by atoms with Crippen molar-refractivity contribution in [2.24, 2.45) is 0 Å². The van der Waals surface area contributed by atoms with Crippen LogP contribution in [0.25, 0.3) is 0 Å². The molecule has 4 heteroatoms. The molecule has 1 nitrogen and oxygen atoms in total. The van der Waals surface area contributed by atoms with E-state index in [-0.39, 0.29) is 87.7 Å². The van der Waals surface area contributed by atoms with Gasteiger partial charge in [-0.3, -0.25) is 0 Å². The maximum absolute atomic E-state index is 0. The van der Waals surface area contributed by atoms with E-state index in [0.29, 0.717) is 0 Å². The van der Waals surface area contributed by atoms with Gasteiger partial charge in [0.05, 0.1) is 0 Å². The molecule has 0 heterocycles. The molecule has 0 atom stereocenters. The predicted octanol–water partition coefficient (Wildman–Crippen LogP) is -2.54. The molecule has 0 aromatic heterocycles. The Morgan fingerprint density at radius 2 is 1.00 bits per heavy atom. The van der Waals surface area contributed by atoms with E-state index >= 15 is 0 Å². The SMILES string of the molecule is O.S.[AlH3].[KH]. The zero-order valence-electron chi connectivity index (χ0n) is 1.00. The molecule has 0 spiro atoms. The van der Waals surface area contributed by atoms with Gasteiger partial charge in [-0.1, -0.05) is 0 Å². The van der Waals surface area contributed by atoms with Crippen LogP contribution >= 0.6 is 13.5 Å². The van der Waals surface area contributed by atoms with Crippen LogP contribution in [0.1, 0.15) is 0 Å². The van der Waals surface area contributed by atoms with Crippen LogP contribution in [0, 0.1) is 0 Å². The molecule has 0 saturated carbocycles. The van der Waals surface area contributed by atoms with Crippen LogP contribution in [-0.4, -0.2) is 74.2 Å². The summed E-state index contributed by atoms with van der Waals surface area (Å²) in [6, 6.07) is 0. The van der Waals surface area contributed by atoms with Crippen molar-refractivity contribution >= 4 is 82.2 Å². The molecule has 0 aliphatic rings. The topological polar surface area (TPSA) is 31.5 Å². The van der Waals surface area contributed by atoms with Crippen LogP contribution in [0.15, 0.2) is 0 Å². The van der Waals surface area contributed by atoms with Crippen LogP contribution in [0.3, 0.4) is 0 Å². The average molecular weight is 122 g/mol. The van der Waals surface area contributed by atoms with Gasteiger partial charge in [0, 0.05) is 0 Å². The fourth-order valence-electron chi connectivity index (χ4n) is 0. The monoisotopic (exact) mass is 122 g/mol. The van der Waals surface area contributed by atoms with Gasteiger partial charge in [0.2, 0.25) is 0 Å². The predicted molar refractivity (Wildman–Crippen MR) is 31.1 cm³/mol. The molecule has 0 radical (unpaired) electrons. The first-order valence-electron chi connectivity index (χ1n) is 0. The summed E-state index contributed by atoms with van der Waals surface area (Å²) < 4.78 is 0. The summed E-state index contributed by atoms with van der Waals surface area (Å²) in [5.74, 6) is 0. The Kier molecular flexibility index (Phi) is 142. The molecule has 0 aromatic rings. The summed E-state index contributed by atoms with van der Waals surface area (Å²) in [5, 5.41) is 0. The van der Waals surface area contributed by atoms with E-state index in [1.54, 1.807) is 0 Å². The summed E-state index contributed by atoms with van der Waals surface area (Å²) >= 11 is 0. The molecule has 0 fully saturated rings. The zero-order chi connectivity index (χ0) is 0. The maximum atomic E-state index is 0. The summed E-state index contributed by atoms with van der Waals surface area (Å²) in [5.41, 5.74) is 0. The molecule has 0 saturated heterocycles. The first-order chi connectivity index (χ1) is 0. The van der Waals surface area contributed by atoms with E-state index in [9.17, 15) is 0 Å². The van der Waals surface area contributed by atoms with Gasteiger partial charge < -0.3 is 5.48 Å². The second kappa shape index (κ2) is 17.9. The van der Waals surface area contributed by atoms with E-state index in [2.05, 4.69) is 0 Å². The normalized spacial score (nSPS) is 0. The third-order valence-corrected chi connectivity index (χ3v) is 0. The molecular weight excluding hydrogens is 114 g/mol. The first-order valence-corrected chi connectivity index (χ1v) is 0. The molecule has 0 amide bonds. The Bertz CT molecular complexity index is 8.00. The van der Waals surface area contributed by atoms with Crippen LogP contribution in [-0.2, 0) is 0 Å². The van der Waals surface area contributed by atoms with Crippen molar-refractivity contribution in [1.82, 2.24) is 0 Å². The summed E-state index contributed by atoms with van der Waals surface area (Å²) in [6.07, 6.45) is 0. The van der Waals surface area contributed by atoms with Crippen molar-refractivity contribution < 1.29 is 5.48 Å². The van der Waals surface area contributed by atoms with Crippen molar-refractivity contribution in [3.63, 3.8) is 0 Å². The van der Waals surface area contributed by atoms with Crippen molar-refractivity contribution in [2.75, 3.05) is 0 Å². The molecule has 0 rings (SSSR count). The van der Waals surface area contributed by atoms with Crippen LogP contribution < -0.4 is 0 Å². The Morgan fingerprint density at radius 1 is 1.00 bits per heavy atom. The zero-order valence-corrected chi connectivity index (χ0v) is 2.00. The van der Waals surface area contributed by atoms with Gasteiger partial charge in [-0.25, -0.2) is 0 Å². The van der Waals surface area contributed by atoms with E-state index < -0.39 is 0 Å². The van der Waals surface area contributed by atoms with Crippen molar-refractivity contribution in [3.05, 3.63) is 0 Å². The molecule has 0 bridgehead atoms. The second-order valence-electron chi connectivity index (χ2n) is 0. The Hall–Kier alpha value is 2.48. The van der Waals surface area contributed by atoms with Crippen LogP contribution in [0.2, 0.25) is 0 Å². The average Bonchev–Trinajstić information content (AvgIpc) is 0. The van der Waals surface area contributed by atoms with Crippen molar-refractivity contribution in [3.8, 4) is 0 Å². The van der Waals surface area contributed by atoms with Gasteiger partial charge in [0.15, 0.2) is 17.4 Å². The Morgan fingerprint density at radius 3 is 1.00 bits per heavy atom. The third-order valence-electron chi connectivity index (χ3n) is 0. The summed E-state index contributed by atoms with van der Waals surface area (Å²) in [6.45, 7) is 0. The Labute approximate surface area is 85.8 Å². The second-order valence-corrected chi connectivity index (χ2v) is 0. The van der Waals surface area contributed by atoms with E-state index in [1.807, 2.05) is 0 Å². The standard InChI is InChI=1S/Al.K.H2O.H2S.4H/h;;2*1H2;;;;. The molecular formula is H8AlKOS. The fraction of sp³-hybridized carbons (Fsp3) is 0. The van der Waals surface area contributed by atoms with E-state index in [0.717, 1.165) is 0 Å². The molecule has 0 aliphatic carbocycles. The van der Waals surface area contributed by atoms with E-state index in [1.165, 1.54) is 0 Å². The minimum atomic E-state index is 0. The first kappa shape index (κ1) is 31.7. The fourth-order valence-corrected chi connectivity index (χ4v) is 0.